The molecule has 0 unspecified atom stereocenters. The van der Waals surface area contributed by atoms with Gasteiger partial charge in [0.25, 0.3) is 0 Å². The number of carbonyl (C=O) groups is 1. The molecular weight excluding hydrogens is 360 g/mol. The third-order valence-electron chi connectivity index (χ3n) is 5.33. The third-order valence-corrected chi connectivity index (χ3v) is 5.33. The van der Waals surface area contributed by atoms with E-state index in [1.807, 2.05) is 16.8 Å². The highest BCUT2D eigenvalue weighted by atomic mass is 16.7. The third kappa shape index (κ3) is 3.70. The van der Waals surface area contributed by atoms with E-state index < -0.39 is 6.10 Å². The van der Waals surface area contributed by atoms with Crippen molar-refractivity contribution < 1.29 is 19.4 Å². The molecule has 150 valence electrons. The van der Waals surface area contributed by atoms with Crippen LogP contribution < -0.4 is 9.47 Å². The van der Waals surface area contributed by atoms with Crippen molar-refractivity contribution in [2.24, 2.45) is 0 Å². The smallest absolute Gasteiger partial charge is 0.231 e. The van der Waals surface area contributed by atoms with Crippen molar-refractivity contribution >= 4 is 5.91 Å². The summed E-state index contributed by atoms with van der Waals surface area (Å²) in [5, 5.41) is 14.9. The zero-order valence-corrected chi connectivity index (χ0v) is 16.5. The first-order chi connectivity index (χ1) is 13.4. The van der Waals surface area contributed by atoms with Crippen LogP contribution in [0, 0.1) is 6.92 Å². The predicted octanol–water partition coefficient (Wildman–Crippen LogP) is 1.45. The number of aliphatic hydroxyl groups excluding tert-OH is 1. The van der Waals surface area contributed by atoms with Crippen molar-refractivity contribution in [1.29, 1.82) is 0 Å². The molecule has 8 heteroatoms. The van der Waals surface area contributed by atoms with E-state index in [9.17, 15) is 9.90 Å². The van der Waals surface area contributed by atoms with Gasteiger partial charge in [0.05, 0.1) is 24.4 Å². The Morgan fingerprint density at radius 3 is 2.75 bits per heavy atom. The lowest BCUT2D eigenvalue weighted by Gasteiger charge is -2.28. The number of hydrogen-bond donors (Lipinski definition) is 1. The van der Waals surface area contributed by atoms with Crippen LogP contribution in [0.1, 0.15) is 35.0 Å². The minimum absolute atomic E-state index is 0.0452. The standard InChI is InChI=1S/C20H26N4O4/c1-13-6-18-19(28-12-27-18)7-14(13)10-23-4-5-24-15(11-23)8-16(21-24)17(25)9-20(26)22(2)3/h6-8,17,25H,4-5,9-12H2,1-3H3/t17-/m1/s1. The molecule has 2 aromatic rings. The van der Waals surface area contributed by atoms with E-state index in [0.717, 1.165) is 43.4 Å². The number of carbonyl (C=O) groups excluding carboxylic acids is 1. The highest BCUT2D eigenvalue weighted by molar-refractivity contribution is 5.76. The molecule has 0 spiro atoms. The fraction of sp³-hybridized carbons (Fsp3) is 0.500. The maximum Gasteiger partial charge on any atom is 0.231 e. The molecule has 1 amide bonds. The molecule has 28 heavy (non-hydrogen) atoms. The molecule has 0 fully saturated rings. The van der Waals surface area contributed by atoms with E-state index in [-0.39, 0.29) is 19.1 Å². The van der Waals surface area contributed by atoms with E-state index >= 15 is 0 Å². The van der Waals surface area contributed by atoms with Gasteiger partial charge in [-0.1, -0.05) is 0 Å². The summed E-state index contributed by atoms with van der Waals surface area (Å²) < 4.78 is 12.9. The van der Waals surface area contributed by atoms with Crippen LogP contribution in [0.2, 0.25) is 0 Å². The van der Waals surface area contributed by atoms with Crippen molar-refractivity contribution in [1.82, 2.24) is 19.6 Å². The lowest BCUT2D eigenvalue weighted by molar-refractivity contribution is -0.130. The number of aromatic nitrogens is 2. The summed E-state index contributed by atoms with van der Waals surface area (Å²) in [7, 11) is 3.37. The molecular formula is C20H26N4O4. The number of benzene rings is 1. The number of aliphatic hydroxyl groups is 1. The molecule has 1 N–H and O–H groups in total. The average molecular weight is 386 g/mol. The number of nitrogens with zero attached hydrogens (tertiary/aromatic N) is 4. The van der Waals surface area contributed by atoms with Crippen LogP contribution in [0.25, 0.3) is 0 Å². The Bertz CT molecular complexity index is 893. The summed E-state index contributed by atoms with van der Waals surface area (Å²) in [4.78, 5) is 15.7. The first kappa shape index (κ1) is 18.8. The average Bonchev–Trinajstić information content (AvgIpc) is 3.27. The minimum Gasteiger partial charge on any atom is -0.454 e. The van der Waals surface area contributed by atoms with Gasteiger partial charge in [0.15, 0.2) is 11.5 Å². The van der Waals surface area contributed by atoms with Crippen LogP contribution in [0.5, 0.6) is 11.5 Å². The second-order valence-corrected chi connectivity index (χ2v) is 7.63. The molecule has 1 aromatic heterocycles. The van der Waals surface area contributed by atoms with Crippen molar-refractivity contribution in [3.05, 3.63) is 40.7 Å². The molecule has 3 heterocycles. The van der Waals surface area contributed by atoms with E-state index in [4.69, 9.17) is 9.47 Å². The normalized spacial score (nSPS) is 16.7. The summed E-state index contributed by atoms with van der Waals surface area (Å²) in [5.41, 5.74) is 4.01. The molecule has 1 aromatic carbocycles. The van der Waals surface area contributed by atoms with E-state index in [0.29, 0.717) is 5.69 Å². The summed E-state index contributed by atoms with van der Waals surface area (Å²) in [6, 6.07) is 6.00. The number of ether oxygens (including phenoxy) is 2. The van der Waals surface area contributed by atoms with Crippen LogP contribution in [-0.4, -0.2) is 58.0 Å². The van der Waals surface area contributed by atoms with Gasteiger partial charge in [-0.2, -0.15) is 5.10 Å². The Balaban J connectivity index is 1.44. The second-order valence-electron chi connectivity index (χ2n) is 7.63. The number of aryl methyl sites for hydroxylation is 1. The molecule has 0 saturated carbocycles. The van der Waals surface area contributed by atoms with Gasteiger partial charge in [0.1, 0.15) is 6.10 Å². The maximum absolute atomic E-state index is 11.8. The van der Waals surface area contributed by atoms with Gasteiger partial charge in [0, 0.05) is 33.7 Å². The van der Waals surface area contributed by atoms with Gasteiger partial charge in [-0.25, -0.2) is 0 Å². The highest BCUT2D eigenvalue weighted by Gasteiger charge is 2.24. The molecule has 0 radical (unpaired) electrons. The van der Waals surface area contributed by atoms with Gasteiger partial charge in [0.2, 0.25) is 12.7 Å². The van der Waals surface area contributed by atoms with Gasteiger partial charge in [-0.05, 0) is 36.2 Å². The van der Waals surface area contributed by atoms with Crippen LogP contribution in [0.15, 0.2) is 18.2 Å². The zero-order chi connectivity index (χ0) is 19.8. The van der Waals surface area contributed by atoms with Crippen LogP contribution in [-0.2, 0) is 24.4 Å². The SMILES string of the molecule is Cc1cc2c(cc1CN1CCn3nc([C@H](O)CC(=O)N(C)C)cc3C1)OCO2. The zero-order valence-electron chi connectivity index (χ0n) is 16.5. The van der Waals surface area contributed by atoms with Gasteiger partial charge in [-0.15, -0.1) is 0 Å². The molecule has 8 nitrogen and oxygen atoms in total. The van der Waals surface area contributed by atoms with E-state index in [2.05, 4.69) is 23.0 Å². The highest BCUT2D eigenvalue weighted by Crippen LogP contribution is 2.35. The maximum atomic E-state index is 11.8. The Kier molecular flexibility index (Phi) is 4.99. The summed E-state index contributed by atoms with van der Waals surface area (Å²) in [5.74, 6) is 1.50. The largest absolute Gasteiger partial charge is 0.454 e. The first-order valence-corrected chi connectivity index (χ1v) is 9.47. The topological polar surface area (TPSA) is 80.1 Å². The number of amides is 1. The van der Waals surface area contributed by atoms with Crippen LogP contribution >= 0.6 is 0 Å². The lowest BCUT2D eigenvalue weighted by atomic mass is 10.1. The Morgan fingerprint density at radius 1 is 1.25 bits per heavy atom. The Morgan fingerprint density at radius 2 is 2.00 bits per heavy atom. The van der Waals surface area contributed by atoms with Crippen molar-refractivity contribution in [3.8, 4) is 11.5 Å². The monoisotopic (exact) mass is 386 g/mol. The van der Waals surface area contributed by atoms with E-state index in [1.165, 1.54) is 16.0 Å². The summed E-state index contributed by atoms with van der Waals surface area (Å²) >= 11 is 0. The molecule has 0 bridgehead atoms. The van der Waals surface area contributed by atoms with Gasteiger partial charge in [-0.3, -0.25) is 14.4 Å². The number of hydrogen-bond acceptors (Lipinski definition) is 6. The van der Waals surface area contributed by atoms with Crippen molar-refractivity contribution in [2.45, 2.75) is 39.1 Å². The molecule has 2 aliphatic rings. The second kappa shape index (κ2) is 7.44. The fourth-order valence-corrected chi connectivity index (χ4v) is 3.59. The van der Waals surface area contributed by atoms with Gasteiger partial charge >= 0.3 is 0 Å². The Hall–Kier alpha value is -2.58. The minimum atomic E-state index is -0.877. The molecule has 4 rings (SSSR count). The molecule has 2 aliphatic heterocycles. The molecule has 1 atom stereocenters. The summed E-state index contributed by atoms with van der Waals surface area (Å²) in [6.07, 6.45) is -0.832. The molecule has 0 saturated heterocycles. The van der Waals surface area contributed by atoms with Gasteiger partial charge < -0.3 is 19.5 Å². The quantitative estimate of drug-likeness (QED) is 0.838. The van der Waals surface area contributed by atoms with Crippen molar-refractivity contribution in [2.75, 3.05) is 27.4 Å². The Labute approximate surface area is 164 Å². The number of fused-ring (bicyclic) bond motifs is 2. The van der Waals surface area contributed by atoms with E-state index in [1.54, 1.807) is 14.1 Å². The lowest BCUT2D eigenvalue weighted by Crippen LogP contribution is -2.33. The molecule has 0 aliphatic carbocycles. The predicted molar refractivity (Wildman–Crippen MR) is 102 cm³/mol. The summed E-state index contributed by atoms with van der Waals surface area (Å²) in [6.45, 7) is 5.55. The first-order valence-electron chi connectivity index (χ1n) is 9.47. The van der Waals surface area contributed by atoms with Crippen LogP contribution in [0.4, 0.5) is 0 Å². The van der Waals surface area contributed by atoms with Crippen molar-refractivity contribution in [3.63, 3.8) is 0 Å². The number of rotatable bonds is 5. The fourth-order valence-electron chi connectivity index (χ4n) is 3.59. The van der Waals surface area contributed by atoms with Crippen LogP contribution in [0.3, 0.4) is 0 Å².